The minimum Gasteiger partial charge on any atom is -0.369 e. The summed E-state index contributed by atoms with van der Waals surface area (Å²) >= 11 is 0. The van der Waals surface area contributed by atoms with Gasteiger partial charge in [0.1, 0.15) is 0 Å². The summed E-state index contributed by atoms with van der Waals surface area (Å²) in [5, 5.41) is 8.61. The van der Waals surface area contributed by atoms with Crippen LogP contribution in [0, 0.1) is 25.2 Å². The summed E-state index contributed by atoms with van der Waals surface area (Å²) < 4.78 is 0. The van der Waals surface area contributed by atoms with Crippen LogP contribution in [0.5, 0.6) is 0 Å². The van der Waals surface area contributed by atoms with E-state index in [9.17, 15) is 0 Å². The maximum atomic E-state index is 8.61. The molecule has 0 amide bonds. The summed E-state index contributed by atoms with van der Waals surface area (Å²) in [6.45, 7) is 9.50. The van der Waals surface area contributed by atoms with E-state index >= 15 is 0 Å². The van der Waals surface area contributed by atoms with Crippen molar-refractivity contribution in [1.29, 1.82) is 5.26 Å². The third-order valence-electron chi connectivity index (χ3n) is 3.62. The summed E-state index contributed by atoms with van der Waals surface area (Å²) in [6.07, 6.45) is 0.642. The van der Waals surface area contributed by atoms with E-state index in [0.717, 1.165) is 32.7 Å². The van der Waals surface area contributed by atoms with Gasteiger partial charge in [-0.1, -0.05) is 12.1 Å². The molecule has 2 rings (SSSR count). The Morgan fingerprint density at radius 1 is 1.17 bits per heavy atom. The van der Waals surface area contributed by atoms with Crippen molar-refractivity contribution in [1.82, 2.24) is 4.90 Å². The lowest BCUT2D eigenvalue weighted by atomic mass is 10.1. The van der Waals surface area contributed by atoms with E-state index in [2.05, 4.69) is 47.9 Å². The summed E-state index contributed by atoms with van der Waals surface area (Å²) in [5.41, 5.74) is 4.04. The highest BCUT2D eigenvalue weighted by molar-refractivity contribution is 5.55. The van der Waals surface area contributed by atoms with E-state index in [-0.39, 0.29) is 0 Å². The molecular weight excluding hydrogens is 222 g/mol. The molecule has 0 radical (unpaired) electrons. The van der Waals surface area contributed by atoms with Crippen LogP contribution < -0.4 is 4.90 Å². The molecule has 18 heavy (non-hydrogen) atoms. The highest BCUT2D eigenvalue weighted by Gasteiger charge is 2.17. The highest BCUT2D eigenvalue weighted by atomic mass is 15.3. The molecule has 1 aliphatic rings. The number of nitrogens with zero attached hydrogens (tertiary/aromatic N) is 3. The molecule has 1 heterocycles. The number of hydrogen-bond acceptors (Lipinski definition) is 3. The molecule has 1 saturated heterocycles. The van der Waals surface area contributed by atoms with Crippen molar-refractivity contribution >= 4 is 5.69 Å². The molecule has 0 saturated carbocycles. The normalized spacial score (nSPS) is 16.6. The Balaban J connectivity index is 1.97. The van der Waals surface area contributed by atoms with E-state index in [1.807, 2.05) is 0 Å². The molecule has 96 valence electrons. The third kappa shape index (κ3) is 3.02. The summed E-state index contributed by atoms with van der Waals surface area (Å²) in [7, 11) is 0. The lowest BCUT2D eigenvalue weighted by Gasteiger charge is -2.36. The Morgan fingerprint density at radius 2 is 1.89 bits per heavy atom. The molecule has 1 aliphatic heterocycles. The largest absolute Gasteiger partial charge is 0.369 e. The number of rotatable bonds is 3. The number of benzene rings is 1. The molecule has 0 aromatic heterocycles. The first kappa shape index (κ1) is 12.9. The van der Waals surface area contributed by atoms with Crippen molar-refractivity contribution < 1.29 is 0 Å². The fraction of sp³-hybridized carbons (Fsp3) is 0.533. The van der Waals surface area contributed by atoms with Crippen LogP contribution in [0.3, 0.4) is 0 Å². The van der Waals surface area contributed by atoms with Crippen LogP contribution in [-0.2, 0) is 0 Å². The molecule has 0 aliphatic carbocycles. The summed E-state index contributed by atoms with van der Waals surface area (Å²) in [4.78, 5) is 4.84. The van der Waals surface area contributed by atoms with Crippen molar-refractivity contribution in [3.8, 4) is 6.07 Å². The number of hydrogen-bond donors (Lipinski definition) is 0. The van der Waals surface area contributed by atoms with Gasteiger partial charge in [-0.3, -0.25) is 4.90 Å². The quantitative estimate of drug-likeness (QED) is 0.816. The zero-order chi connectivity index (χ0) is 13.0. The van der Waals surface area contributed by atoms with Crippen LogP contribution in [0.15, 0.2) is 18.2 Å². The molecule has 1 fully saturated rings. The Morgan fingerprint density at radius 3 is 2.56 bits per heavy atom. The van der Waals surface area contributed by atoms with Gasteiger partial charge in [0.05, 0.1) is 6.07 Å². The van der Waals surface area contributed by atoms with Gasteiger partial charge in [0.25, 0.3) is 0 Å². The molecule has 0 bridgehead atoms. The minimum atomic E-state index is 0.642. The lowest BCUT2D eigenvalue weighted by molar-refractivity contribution is 0.263. The van der Waals surface area contributed by atoms with E-state index in [1.54, 1.807) is 0 Å². The van der Waals surface area contributed by atoms with Crippen LogP contribution >= 0.6 is 0 Å². The lowest BCUT2D eigenvalue weighted by Crippen LogP contribution is -2.46. The zero-order valence-electron chi connectivity index (χ0n) is 11.3. The van der Waals surface area contributed by atoms with Crippen LogP contribution in [0.1, 0.15) is 17.5 Å². The predicted molar refractivity (Wildman–Crippen MR) is 74.8 cm³/mol. The van der Waals surface area contributed by atoms with Crippen molar-refractivity contribution in [2.24, 2.45) is 0 Å². The average molecular weight is 243 g/mol. The van der Waals surface area contributed by atoms with Crippen LogP contribution in [0.4, 0.5) is 5.69 Å². The van der Waals surface area contributed by atoms with E-state index in [1.165, 1.54) is 16.8 Å². The predicted octanol–water partition coefficient (Wildman–Crippen LogP) is 2.34. The second-order valence-electron chi connectivity index (χ2n) is 5.03. The maximum absolute atomic E-state index is 8.61. The molecule has 3 nitrogen and oxygen atoms in total. The fourth-order valence-electron chi connectivity index (χ4n) is 2.48. The van der Waals surface area contributed by atoms with Crippen molar-refractivity contribution in [2.45, 2.75) is 20.3 Å². The van der Waals surface area contributed by atoms with Crippen LogP contribution in [-0.4, -0.2) is 37.6 Å². The van der Waals surface area contributed by atoms with Gasteiger partial charge in [-0.25, -0.2) is 0 Å². The van der Waals surface area contributed by atoms with E-state index in [4.69, 9.17) is 5.26 Å². The molecule has 0 spiro atoms. The van der Waals surface area contributed by atoms with Gasteiger partial charge in [0.15, 0.2) is 0 Å². The number of piperazine rings is 1. The Kier molecular flexibility index (Phi) is 4.22. The van der Waals surface area contributed by atoms with Crippen LogP contribution in [0.2, 0.25) is 0 Å². The first-order valence-corrected chi connectivity index (χ1v) is 6.62. The molecule has 3 heteroatoms. The second-order valence-corrected chi connectivity index (χ2v) is 5.03. The first-order chi connectivity index (χ1) is 8.70. The third-order valence-corrected chi connectivity index (χ3v) is 3.62. The number of aryl methyl sites for hydroxylation is 2. The van der Waals surface area contributed by atoms with Crippen molar-refractivity contribution in [3.63, 3.8) is 0 Å². The molecule has 0 N–H and O–H groups in total. The van der Waals surface area contributed by atoms with Gasteiger partial charge in [-0.2, -0.15) is 5.26 Å². The Hall–Kier alpha value is -1.53. The Labute approximate surface area is 110 Å². The van der Waals surface area contributed by atoms with Gasteiger partial charge >= 0.3 is 0 Å². The van der Waals surface area contributed by atoms with Gasteiger partial charge in [0, 0.05) is 44.8 Å². The zero-order valence-corrected chi connectivity index (χ0v) is 11.3. The highest BCUT2D eigenvalue weighted by Crippen LogP contribution is 2.22. The van der Waals surface area contributed by atoms with E-state index in [0.29, 0.717) is 6.42 Å². The van der Waals surface area contributed by atoms with Gasteiger partial charge < -0.3 is 4.90 Å². The van der Waals surface area contributed by atoms with Crippen LogP contribution in [0.25, 0.3) is 0 Å². The van der Waals surface area contributed by atoms with Crippen molar-refractivity contribution in [3.05, 3.63) is 29.3 Å². The number of anilines is 1. The molecule has 0 unspecified atom stereocenters. The monoisotopic (exact) mass is 243 g/mol. The molecule has 1 aromatic rings. The molecule has 0 atom stereocenters. The van der Waals surface area contributed by atoms with Gasteiger partial charge in [-0.15, -0.1) is 0 Å². The van der Waals surface area contributed by atoms with Gasteiger partial charge in [0.2, 0.25) is 0 Å². The van der Waals surface area contributed by atoms with Gasteiger partial charge in [-0.05, 0) is 31.0 Å². The Bertz CT molecular complexity index is 440. The number of nitriles is 1. The topological polar surface area (TPSA) is 30.3 Å². The second kappa shape index (κ2) is 5.88. The first-order valence-electron chi connectivity index (χ1n) is 6.62. The average Bonchev–Trinajstić information content (AvgIpc) is 2.40. The summed E-state index contributed by atoms with van der Waals surface area (Å²) in [5.74, 6) is 0. The SMILES string of the molecule is Cc1ccc(C)c(N2CCN(CCC#N)CC2)c1. The smallest absolute Gasteiger partial charge is 0.0635 e. The van der Waals surface area contributed by atoms with E-state index < -0.39 is 0 Å². The minimum absolute atomic E-state index is 0.642. The van der Waals surface area contributed by atoms with Crippen molar-refractivity contribution in [2.75, 3.05) is 37.6 Å². The maximum Gasteiger partial charge on any atom is 0.0635 e. The fourth-order valence-corrected chi connectivity index (χ4v) is 2.48. The standard InChI is InChI=1S/C15H21N3/c1-13-4-5-14(2)15(12-13)18-10-8-17(9-11-18)7-3-6-16/h4-5,12H,3,7-11H2,1-2H3. The summed E-state index contributed by atoms with van der Waals surface area (Å²) in [6, 6.07) is 8.87. The molecular formula is C15H21N3. The molecule has 1 aromatic carbocycles.